The van der Waals surface area contributed by atoms with Crippen LogP contribution in [0.5, 0.6) is 0 Å². The van der Waals surface area contributed by atoms with Gasteiger partial charge >= 0.3 is 11.8 Å². The molecule has 2 aliphatic rings. The van der Waals surface area contributed by atoms with Gasteiger partial charge in [-0.2, -0.15) is 16.8 Å². The number of fused-ring (bicyclic) bond motifs is 4. The van der Waals surface area contributed by atoms with E-state index < -0.39 is 78.6 Å². The van der Waals surface area contributed by atoms with Crippen molar-refractivity contribution in [3.05, 3.63) is 88.2 Å². The Balaban J connectivity index is 1.62. The third-order valence-corrected chi connectivity index (χ3v) is 14.5. The molecule has 61 heavy (non-hydrogen) atoms. The van der Waals surface area contributed by atoms with Crippen molar-refractivity contribution in [3.8, 4) is 0 Å². The van der Waals surface area contributed by atoms with Gasteiger partial charge in [-0.1, -0.05) is 37.1 Å². The van der Waals surface area contributed by atoms with Gasteiger partial charge < -0.3 is 19.1 Å². The number of hydrogen-bond donors (Lipinski definition) is 3. The van der Waals surface area contributed by atoms with Gasteiger partial charge in [0.1, 0.15) is 16.3 Å². The molecule has 0 saturated carbocycles. The second-order valence-electron chi connectivity index (χ2n) is 15.6. The quantitative estimate of drug-likeness (QED) is 0.0585. The van der Waals surface area contributed by atoms with E-state index in [1.54, 1.807) is 53.0 Å². The highest BCUT2D eigenvalue weighted by molar-refractivity contribution is 9.10. The minimum atomic E-state index is -5.30. The molecule has 2 aliphatic heterocycles. The van der Waals surface area contributed by atoms with E-state index >= 15 is 0 Å². The van der Waals surface area contributed by atoms with E-state index in [2.05, 4.69) is 15.9 Å². The van der Waals surface area contributed by atoms with Crippen molar-refractivity contribution in [3.63, 3.8) is 0 Å². The highest BCUT2D eigenvalue weighted by atomic mass is 79.9. The maximum atomic E-state index is 12.5. The predicted molar refractivity (Wildman–Crippen MR) is 228 cm³/mol. The molecule has 332 valence electrons. The largest absolute Gasteiger partial charge is 0.748 e. The number of benzene rings is 2. The Bertz CT molecular complexity index is 2840. The molecule has 17 nitrogen and oxygen atoms in total. The molecular weight excluding hydrogens is 943 g/mol. The Morgan fingerprint density at radius 1 is 0.885 bits per heavy atom. The topological polar surface area (TPSA) is 280 Å². The average molecular weight is 988 g/mol. The Morgan fingerprint density at radius 3 is 2.21 bits per heavy atom. The van der Waals surface area contributed by atoms with Crippen LogP contribution in [0.15, 0.2) is 91.9 Å². The van der Waals surface area contributed by atoms with Crippen molar-refractivity contribution in [1.29, 1.82) is 0 Å². The normalized spacial score (nSPS) is 18.7. The van der Waals surface area contributed by atoms with Crippen LogP contribution in [0.4, 0.5) is 11.5 Å². The third-order valence-electron chi connectivity index (χ3n) is 10.8. The molecule has 2 aromatic carbocycles. The number of nitrogens with zero attached hydrogens (tertiary/aromatic N) is 3. The maximum absolute atomic E-state index is 12.5. The molecule has 5 rings (SSSR count). The summed E-state index contributed by atoms with van der Waals surface area (Å²) in [7, 11) is -19.1. The van der Waals surface area contributed by atoms with E-state index in [1.165, 1.54) is 12.1 Å². The number of aliphatic imine (C=N–C) groups is 1. The van der Waals surface area contributed by atoms with Gasteiger partial charge in [-0.15, -0.1) is 0 Å². The number of rotatable bonds is 19. The molecule has 1 aromatic heterocycles. The molecule has 22 heteroatoms. The Kier molecular flexibility index (Phi) is 14.3. The van der Waals surface area contributed by atoms with Crippen LogP contribution in [-0.4, -0.2) is 86.7 Å². The lowest BCUT2D eigenvalue weighted by atomic mass is 9.75. The predicted octanol–water partition coefficient (Wildman–Crippen LogP) is 5.43. The van der Waals surface area contributed by atoms with Crippen molar-refractivity contribution in [2.24, 2.45) is 4.99 Å². The van der Waals surface area contributed by atoms with Crippen LogP contribution in [0, 0.1) is 0 Å². The number of aromatic nitrogens is 1. The summed E-state index contributed by atoms with van der Waals surface area (Å²) < 4.78 is 142. The van der Waals surface area contributed by atoms with Crippen molar-refractivity contribution >= 4 is 90.4 Å². The van der Waals surface area contributed by atoms with Gasteiger partial charge in [-0.3, -0.25) is 13.9 Å². The summed E-state index contributed by atoms with van der Waals surface area (Å²) in [5.74, 6) is -1.50. The van der Waals surface area contributed by atoms with E-state index in [0.717, 1.165) is 16.1 Å². The summed E-state index contributed by atoms with van der Waals surface area (Å²) in [4.78, 5) is 16.1. The number of carboxylic acid groups (broad SMARTS) is 1. The highest BCUT2D eigenvalue weighted by Gasteiger charge is 2.45. The van der Waals surface area contributed by atoms with Gasteiger partial charge in [0.25, 0.3) is 20.2 Å². The number of aliphatic carboxylic acids is 1. The van der Waals surface area contributed by atoms with E-state index in [1.807, 2.05) is 19.9 Å². The summed E-state index contributed by atoms with van der Waals surface area (Å²) in [6, 6.07) is 6.41. The lowest BCUT2D eigenvalue weighted by Gasteiger charge is -2.31. The third kappa shape index (κ3) is 11.4. The molecule has 1 unspecified atom stereocenters. The van der Waals surface area contributed by atoms with Gasteiger partial charge in [0.15, 0.2) is 5.71 Å². The number of anilines is 1. The monoisotopic (exact) mass is 986 g/mol. The first-order chi connectivity index (χ1) is 28.1. The van der Waals surface area contributed by atoms with Crippen LogP contribution in [0.3, 0.4) is 0 Å². The van der Waals surface area contributed by atoms with Crippen molar-refractivity contribution in [2.75, 3.05) is 23.0 Å². The number of allylic oxidation sites excluding steroid dienone is 6. The molecular formula is C39H45BrN3O14S4-. The van der Waals surface area contributed by atoms with Crippen LogP contribution < -0.4 is 9.47 Å². The molecule has 3 heterocycles. The summed E-state index contributed by atoms with van der Waals surface area (Å²) in [5.41, 5.74) is 1.13. The first-order valence-corrected chi connectivity index (χ1v) is 25.8. The number of aryl methyl sites for hydroxylation is 1. The first kappa shape index (κ1) is 48.2. The Hall–Kier alpha value is -3.87. The molecule has 0 amide bonds. The fraction of sp³-hybridized carbons (Fsp3) is 0.410. The molecule has 0 spiro atoms. The van der Waals surface area contributed by atoms with E-state index in [9.17, 15) is 61.8 Å². The number of pyridine rings is 1. The minimum Gasteiger partial charge on any atom is -0.748 e. The average Bonchev–Trinajstić information content (AvgIpc) is 3.51. The van der Waals surface area contributed by atoms with Gasteiger partial charge in [-0.25, -0.2) is 21.4 Å². The molecule has 3 aromatic rings. The molecule has 0 bridgehead atoms. The zero-order chi connectivity index (χ0) is 45.3. The van der Waals surface area contributed by atoms with Crippen LogP contribution in [0.25, 0.3) is 10.8 Å². The number of carboxylic acids is 1. The standard InChI is InChI=1S/C39H46BrN3O14S4/c1-38(2)30-22-26(40)25-42(18-10-20-58(46,47)48)37(30)41-33(38)12-6-4-7-13-34-39(3,17-9-5-8-14-35(44)45)36-29-23-27(60(52,53)54)24-32(61(55,56)57)28(29)15-16-31(36)43(34)19-11-21-59(49,50)51/h4,6-7,12-13,15-16,22-25H,5,8-11,14,17-21H2,1-3H3,(H4-,44,45,46,47,48,49,50,51,52,53,54,55,56,57)/p-1. The van der Waals surface area contributed by atoms with E-state index in [0.29, 0.717) is 53.8 Å². The van der Waals surface area contributed by atoms with Gasteiger partial charge in [0.05, 0.1) is 47.7 Å². The summed E-state index contributed by atoms with van der Waals surface area (Å²) >= 11 is 3.51. The van der Waals surface area contributed by atoms with E-state index in [-0.39, 0.29) is 49.5 Å². The molecule has 3 N–H and O–H groups in total. The van der Waals surface area contributed by atoms with E-state index in [4.69, 9.17) is 4.99 Å². The van der Waals surface area contributed by atoms with Gasteiger partial charge in [-0.05, 0) is 114 Å². The maximum Gasteiger partial charge on any atom is 0.327 e. The van der Waals surface area contributed by atoms with Crippen molar-refractivity contribution < 1.29 is 66.4 Å². The molecule has 0 aliphatic carbocycles. The Labute approximate surface area is 363 Å². The number of halogens is 1. The number of carbonyl (C=O) groups is 1. The van der Waals surface area contributed by atoms with Crippen LogP contribution in [0.1, 0.15) is 76.8 Å². The van der Waals surface area contributed by atoms with Gasteiger partial charge in [0.2, 0.25) is 0 Å². The van der Waals surface area contributed by atoms with Crippen LogP contribution in [0.2, 0.25) is 0 Å². The first-order valence-electron chi connectivity index (χ1n) is 18.9. The lowest BCUT2D eigenvalue weighted by molar-refractivity contribution is -0.684. The number of unbranched alkanes of at least 4 members (excludes halogenated alkanes) is 2. The highest BCUT2D eigenvalue weighted by Crippen LogP contribution is 2.54. The zero-order valence-corrected chi connectivity index (χ0v) is 38.2. The molecule has 0 radical (unpaired) electrons. The van der Waals surface area contributed by atoms with Crippen molar-refractivity contribution in [2.45, 2.75) is 92.9 Å². The number of hydrogen-bond acceptors (Lipinski definition) is 13. The fourth-order valence-electron chi connectivity index (χ4n) is 7.95. The summed E-state index contributed by atoms with van der Waals surface area (Å²) in [5, 5.41) is 9.11. The molecule has 0 fully saturated rings. The SMILES string of the molecule is CC1(C)C(/C=C/C=C/C=C2\N(CCCS(=O)(=O)[O-])c3ccc4c(S(=O)(=O)[O-])cc(S(=O)(=O)O)cc4c3C2(C)CCCCCC(=O)O)=Nc2c1cc(Br)c[n+]2CCCS(=O)(=O)O. The summed E-state index contributed by atoms with van der Waals surface area (Å²) in [6.45, 7) is 5.98. The molecule has 1 atom stereocenters. The fourth-order valence-corrected chi connectivity index (χ4v) is 10.7. The zero-order valence-electron chi connectivity index (χ0n) is 33.3. The lowest BCUT2D eigenvalue weighted by Crippen LogP contribution is -2.36. The van der Waals surface area contributed by atoms with Gasteiger partial charge in [0, 0.05) is 41.9 Å². The molecule has 0 saturated heterocycles. The van der Waals surface area contributed by atoms with Crippen LogP contribution in [-0.2, 0) is 62.6 Å². The minimum absolute atomic E-state index is 0.0201. The summed E-state index contributed by atoms with van der Waals surface area (Å²) in [6.07, 6.45) is 11.9. The Morgan fingerprint density at radius 2 is 1.59 bits per heavy atom. The second-order valence-corrected chi connectivity index (χ2v) is 22.4. The second kappa shape index (κ2) is 18.1. The van der Waals surface area contributed by atoms with Crippen LogP contribution >= 0.6 is 15.9 Å². The van der Waals surface area contributed by atoms with Crippen molar-refractivity contribution in [1.82, 2.24) is 0 Å². The smallest absolute Gasteiger partial charge is 0.327 e.